The maximum atomic E-state index is 12.1. The third kappa shape index (κ3) is 6.24. The molecule has 0 fully saturated rings. The normalized spacial score (nSPS) is 10.2. The number of nitrogens with one attached hydrogen (secondary N) is 1. The number of ether oxygens (including phenoxy) is 2. The van der Waals surface area contributed by atoms with Gasteiger partial charge in [-0.2, -0.15) is 0 Å². The molecule has 0 aliphatic heterocycles. The number of carbonyl (C=O) groups is 2. The van der Waals surface area contributed by atoms with Gasteiger partial charge in [0, 0.05) is 37.5 Å². The van der Waals surface area contributed by atoms with E-state index >= 15 is 0 Å². The molecule has 116 valence electrons. The summed E-state index contributed by atoms with van der Waals surface area (Å²) in [5.41, 5.74) is 0.557. The summed E-state index contributed by atoms with van der Waals surface area (Å²) in [6.45, 7) is 1.40. The van der Waals surface area contributed by atoms with Crippen LogP contribution in [0.1, 0.15) is 0 Å². The van der Waals surface area contributed by atoms with Crippen molar-refractivity contribution in [3.05, 3.63) is 28.7 Å². The minimum atomic E-state index is -0.680. The molecule has 1 rings (SSSR count). The number of methoxy groups -OCH3 is 2. The SMILES string of the molecule is COCCN(CCOC)C(=O)C(=O)Nc1cccc(Br)c1. The van der Waals surface area contributed by atoms with Crippen LogP contribution in [-0.2, 0) is 19.1 Å². The van der Waals surface area contributed by atoms with Crippen LogP contribution in [0.4, 0.5) is 5.69 Å². The second-order valence-corrected chi connectivity index (χ2v) is 5.16. The van der Waals surface area contributed by atoms with Gasteiger partial charge in [0.15, 0.2) is 0 Å². The van der Waals surface area contributed by atoms with Crippen LogP contribution in [0.15, 0.2) is 28.7 Å². The molecule has 1 aromatic carbocycles. The Bertz CT molecular complexity index is 474. The average Bonchev–Trinajstić information content (AvgIpc) is 2.47. The molecule has 7 heteroatoms. The number of anilines is 1. The number of nitrogens with zero attached hydrogens (tertiary/aromatic N) is 1. The highest BCUT2D eigenvalue weighted by Crippen LogP contribution is 2.15. The zero-order valence-corrected chi connectivity index (χ0v) is 13.7. The average molecular weight is 359 g/mol. The lowest BCUT2D eigenvalue weighted by molar-refractivity contribution is -0.144. The summed E-state index contributed by atoms with van der Waals surface area (Å²) in [6, 6.07) is 7.04. The highest BCUT2D eigenvalue weighted by molar-refractivity contribution is 9.10. The Morgan fingerprint density at radius 2 is 1.81 bits per heavy atom. The Balaban J connectivity index is 2.65. The molecule has 0 spiro atoms. The van der Waals surface area contributed by atoms with Crippen LogP contribution < -0.4 is 5.32 Å². The van der Waals surface area contributed by atoms with E-state index in [4.69, 9.17) is 9.47 Å². The second-order valence-electron chi connectivity index (χ2n) is 4.24. The molecule has 0 saturated carbocycles. The molecule has 0 saturated heterocycles. The van der Waals surface area contributed by atoms with Crippen molar-refractivity contribution in [1.29, 1.82) is 0 Å². The molecule has 0 heterocycles. The number of benzene rings is 1. The standard InChI is InChI=1S/C14H19BrN2O4/c1-20-8-6-17(7-9-21-2)14(19)13(18)16-12-5-3-4-11(15)10-12/h3-5,10H,6-9H2,1-2H3,(H,16,18). The minimum absolute atomic E-state index is 0.338. The molecule has 0 aliphatic carbocycles. The molecule has 0 aromatic heterocycles. The predicted octanol–water partition coefficient (Wildman–Crippen LogP) is 1.51. The summed E-state index contributed by atoms with van der Waals surface area (Å²) < 4.78 is 10.7. The van der Waals surface area contributed by atoms with Crippen molar-refractivity contribution in [2.75, 3.05) is 45.8 Å². The molecule has 0 unspecified atom stereocenters. The van der Waals surface area contributed by atoms with Crippen molar-refractivity contribution in [3.8, 4) is 0 Å². The zero-order valence-electron chi connectivity index (χ0n) is 12.1. The third-order valence-corrected chi connectivity index (χ3v) is 3.19. The molecule has 0 bridgehead atoms. The Labute approximate surface area is 132 Å². The Hall–Kier alpha value is -1.44. The summed E-state index contributed by atoms with van der Waals surface area (Å²) in [5.74, 6) is -1.29. The lowest BCUT2D eigenvalue weighted by atomic mass is 10.3. The quantitative estimate of drug-likeness (QED) is 0.750. The zero-order chi connectivity index (χ0) is 15.7. The van der Waals surface area contributed by atoms with E-state index in [0.29, 0.717) is 32.0 Å². The first kappa shape index (κ1) is 17.6. The van der Waals surface area contributed by atoms with Gasteiger partial charge in [0.1, 0.15) is 0 Å². The number of hydrogen-bond donors (Lipinski definition) is 1. The number of rotatable bonds is 7. The van der Waals surface area contributed by atoms with E-state index in [2.05, 4.69) is 21.2 Å². The monoisotopic (exact) mass is 358 g/mol. The largest absolute Gasteiger partial charge is 0.383 e. The smallest absolute Gasteiger partial charge is 0.313 e. The van der Waals surface area contributed by atoms with E-state index in [1.807, 2.05) is 6.07 Å². The maximum absolute atomic E-state index is 12.1. The summed E-state index contributed by atoms with van der Waals surface area (Å²) in [5, 5.41) is 2.57. The number of hydrogen-bond acceptors (Lipinski definition) is 4. The van der Waals surface area contributed by atoms with Crippen molar-refractivity contribution in [2.45, 2.75) is 0 Å². The highest BCUT2D eigenvalue weighted by atomic mass is 79.9. The first-order valence-corrected chi connectivity index (χ1v) is 7.21. The lowest BCUT2D eigenvalue weighted by Gasteiger charge is -2.21. The van der Waals surface area contributed by atoms with Crippen LogP contribution in [0.2, 0.25) is 0 Å². The van der Waals surface area contributed by atoms with Gasteiger partial charge in [-0.1, -0.05) is 22.0 Å². The van der Waals surface area contributed by atoms with E-state index in [1.54, 1.807) is 32.4 Å². The Kier molecular flexibility index (Phi) is 7.96. The molecule has 0 radical (unpaired) electrons. The van der Waals surface area contributed by atoms with Gasteiger partial charge in [0.25, 0.3) is 0 Å². The number of halogens is 1. The van der Waals surface area contributed by atoms with Crippen LogP contribution in [0.3, 0.4) is 0 Å². The van der Waals surface area contributed by atoms with Crippen LogP contribution in [0.5, 0.6) is 0 Å². The first-order valence-electron chi connectivity index (χ1n) is 6.42. The molecular weight excluding hydrogens is 340 g/mol. The van der Waals surface area contributed by atoms with Gasteiger partial charge in [-0.15, -0.1) is 0 Å². The van der Waals surface area contributed by atoms with Crippen LogP contribution in [0.25, 0.3) is 0 Å². The van der Waals surface area contributed by atoms with Crippen LogP contribution in [-0.4, -0.2) is 57.2 Å². The molecule has 6 nitrogen and oxygen atoms in total. The van der Waals surface area contributed by atoms with E-state index in [9.17, 15) is 9.59 Å². The summed E-state index contributed by atoms with van der Waals surface area (Å²) in [7, 11) is 3.08. The molecule has 2 amide bonds. The summed E-state index contributed by atoms with van der Waals surface area (Å²) in [6.07, 6.45) is 0. The van der Waals surface area contributed by atoms with Crippen molar-refractivity contribution in [2.24, 2.45) is 0 Å². The number of carbonyl (C=O) groups excluding carboxylic acids is 2. The van der Waals surface area contributed by atoms with Gasteiger partial charge in [-0.25, -0.2) is 0 Å². The summed E-state index contributed by atoms with van der Waals surface area (Å²) >= 11 is 3.31. The van der Waals surface area contributed by atoms with E-state index in [0.717, 1.165) is 4.47 Å². The van der Waals surface area contributed by atoms with Crippen LogP contribution >= 0.6 is 15.9 Å². The van der Waals surface area contributed by atoms with Gasteiger partial charge >= 0.3 is 11.8 Å². The van der Waals surface area contributed by atoms with E-state index < -0.39 is 11.8 Å². The highest BCUT2D eigenvalue weighted by Gasteiger charge is 2.21. The predicted molar refractivity (Wildman–Crippen MR) is 83.1 cm³/mol. The molecule has 0 atom stereocenters. The maximum Gasteiger partial charge on any atom is 0.313 e. The van der Waals surface area contributed by atoms with Crippen molar-refractivity contribution >= 4 is 33.4 Å². The fraction of sp³-hybridized carbons (Fsp3) is 0.429. The lowest BCUT2D eigenvalue weighted by Crippen LogP contribution is -2.43. The van der Waals surface area contributed by atoms with Gasteiger partial charge < -0.3 is 19.7 Å². The van der Waals surface area contributed by atoms with Crippen molar-refractivity contribution in [3.63, 3.8) is 0 Å². The minimum Gasteiger partial charge on any atom is -0.383 e. The van der Waals surface area contributed by atoms with E-state index in [1.165, 1.54) is 4.90 Å². The molecule has 1 N–H and O–H groups in total. The van der Waals surface area contributed by atoms with E-state index in [-0.39, 0.29) is 0 Å². The number of amides is 2. The summed E-state index contributed by atoms with van der Waals surface area (Å²) in [4.78, 5) is 25.5. The van der Waals surface area contributed by atoms with Crippen molar-refractivity contribution < 1.29 is 19.1 Å². The molecular formula is C14H19BrN2O4. The van der Waals surface area contributed by atoms with Gasteiger partial charge in [-0.3, -0.25) is 9.59 Å². The molecule has 0 aliphatic rings. The topological polar surface area (TPSA) is 67.9 Å². The first-order chi connectivity index (χ1) is 10.1. The van der Waals surface area contributed by atoms with Gasteiger partial charge in [-0.05, 0) is 18.2 Å². The molecule has 21 heavy (non-hydrogen) atoms. The fourth-order valence-corrected chi connectivity index (χ4v) is 2.01. The Morgan fingerprint density at radius 3 is 2.33 bits per heavy atom. The van der Waals surface area contributed by atoms with Gasteiger partial charge in [0.2, 0.25) is 0 Å². The Morgan fingerprint density at radius 1 is 1.19 bits per heavy atom. The fourth-order valence-electron chi connectivity index (χ4n) is 1.61. The molecule has 1 aromatic rings. The second kappa shape index (κ2) is 9.49. The van der Waals surface area contributed by atoms with Gasteiger partial charge in [0.05, 0.1) is 13.2 Å². The van der Waals surface area contributed by atoms with Crippen molar-refractivity contribution in [1.82, 2.24) is 4.90 Å². The van der Waals surface area contributed by atoms with Crippen LogP contribution in [0, 0.1) is 0 Å². The third-order valence-electron chi connectivity index (χ3n) is 2.69.